The zero-order chi connectivity index (χ0) is 15.8. The van der Waals surface area contributed by atoms with Crippen LogP contribution in [-0.4, -0.2) is 45.4 Å². The van der Waals surface area contributed by atoms with Gasteiger partial charge in [-0.25, -0.2) is 0 Å². The van der Waals surface area contributed by atoms with E-state index in [0.29, 0.717) is 12.2 Å². The second kappa shape index (κ2) is 8.17. The van der Waals surface area contributed by atoms with E-state index in [1.54, 1.807) is 30.3 Å². The van der Waals surface area contributed by atoms with E-state index in [-0.39, 0.29) is 0 Å². The molecule has 0 bridgehead atoms. The molecule has 0 spiro atoms. The topological polar surface area (TPSA) is 86.8 Å². The molecule has 0 aromatic heterocycles. The molecule has 0 atom stereocenters. The van der Waals surface area contributed by atoms with E-state index in [1.807, 2.05) is 0 Å². The van der Waals surface area contributed by atoms with E-state index < -0.39 is 11.5 Å². The molecule has 1 aromatic carbocycles. The Labute approximate surface area is 129 Å². The molecule has 0 saturated carbocycles. The van der Waals surface area contributed by atoms with Gasteiger partial charge in [-0.3, -0.25) is 0 Å². The number of carboxylic acid groups (broad SMARTS) is 1. The molecule has 1 heterocycles. The Morgan fingerprint density at radius 2 is 2.05 bits per heavy atom. The Morgan fingerprint density at radius 1 is 1.36 bits per heavy atom. The van der Waals surface area contributed by atoms with Gasteiger partial charge in [-0.15, -0.1) is 0 Å². The first-order valence-corrected chi connectivity index (χ1v) is 7.16. The molecule has 6 heteroatoms. The Kier molecular flexibility index (Phi) is 5.95. The number of nitrogens with one attached hydrogen (secondary N) is 1. The van der Waals surface area contributed by atoms with Crippen LogP contribution in [0.15, 0.2) is 29.8 Å². The van der Waals surface area contributed by atoms with Gasteiger partial charge in [0.05, 0.1) is 24.8 Å². The van der Waals surface area contributed by atoms with Crippen LogP contribution in [0.25, 0.3) is 6.08 Å². The van der Waals surface area contributed by atoms with Crippen molar-refractivity contribution in [1.82, 2.24) is 0 Å². The number of carboxylic acids is 1. The van der Waals surface area contributed by atoms with Crippen molar-refractivity contribution in [3.05, 3.63) is 35.4 Å². The van der Waals surface area contributed by atoms with E-state index in [9.17, 15) is 9.90 Å². The summed E-state index contributed by atoms with van der Waals surface area (Å²) in [5, 5.41) is 19.3. The molecule has 1 aliphatic heterocycles. The van der Waals surface area contributed by atoms with E-state index in [0.717, 1.165) is 38.6 Å². The third-order valence-corrected chi connectivity index (χ3v) is 3.46. The van der Waals surface area contributed by atoms with Crippen molar-refractivity contribution in [1.29, 1.82) is 5.26 Å². The van der Waals surface area contributed by atoms with Gasteiger partial charge in [-0.1, -0.05) is 12.1 Å². The van der Waals surface area contributed by atoms with Crippen molar-refractivity contribution >= 4 is 12.0 Å². The molecule has 1 aromatic rings. The van der Waals surface area contributed by atoms with Gasteiger partial charge >= 0.3 is 0 Å². The van der Waals surface area contributed by atoms with Crippen molar-refractivity contribution in [3.63, 3.8) is 0 Å². The Bertz CT molecular complexity index is 569. The monoisotopic (exact) mass is 302 g/mol. The summed E-state index contributed by atoms with van der Waals surface area (Å²) in [5.74, 6) is -0.756. The lowest BCUT2D eigenvalue weighted by Gasteiger charge is -2.23. The highest BCUT2D eigenvalue weighted by molar-refractivity contribution is 5.95. The van der Waals surface area contributed by atoms with Crippen LogP contribution in [0.4, 0.5) is 0 Å². The maximum atomic E-state index is 10.7. The minimum Gasteiger partial charge on any atom is -0.544 e. The summed E-state index contributed by atoms with van der Waals surface area (Å²) in [7, 11) is 0. The van der Waals surface area contributed by atoms with Crippen LogP contribution in [0.2, 0.25) is 0 Å². The predicted molar refractivity (Wildman–Crippen MR) is 76.9 cm³/mol. The van der Waals surface area contributed by atoms with Gasteiger partial charge in [0.2, 0.25) is 0 Å². The number of aliphatic carboxylic acids is 1. The number of ether oxygens (including phenoxy) is 2. The first-order valence-electron chi connectivity index (χ1n) is 7.16. The Morgan fingerprint density at radius 3 is 2.64 bits per heavy atom. The molecule has 0 radical (unpaired) electrons. The molecule has 22 heavy (non-hydrogen) atoms. The van der Waals surface area contributed by atoms with Gasteiger partial charge in [0, 0.05) is 0 Å². The van der Waals surface area contributed by atoms with E-state index in [2.05, 4.69) is 0 Å². The number of nitriles is 1. The molecule has 1 saturated heterocycles. The van der Waals surface area contributed by atoms with Crippen LogP contribution in [-0.2, 0) is 9.53 Å². The minimum absolute atomic E-state index is 0.399. The number of quaternary nitrogens is 1. The minimum atomic E-state index is -1.48. The maximum Gasteiger partial charge on any atom is 0.137 e. The third-order valence-electron chi connectivity index (χ3n) is 3.46. The summed E-state index contributed by atoms with van der Waals surface area (Å²) >= 11 is 0. The van der Waals surface area contributed by atoms with Gasteiger partial charge < -0.3 is 24.3 Å². The van der Waals surface area contributed by atoms with Gasteiger partial charge in [0.1, 0.15) is 38.1 Å². The summed E-state index contributed by atoms with van der Waals surface area (Å²) in [4.78, 5) is 12.1. The SMILES string of the molecule is N#C/C(=C/c1ccc(OCC[NH+]2CCOCC2)cc1)C(=O)[O-]. The number of nitrogens with zero attached hydrogens (tertiary/aromatic N) is 1. The predicted octanol–water partition coefficient (Wildman–Crippen LogP) is -1.36. The average Bonchev–Trinajstić information content (AvgIpc) is 2.54. The normalized spacial score (nSPS) is 16.0. The zero-order valence-electron chi connectivity index (χ0n) is 12.2. The number of hydrogen-bond donors (Lipinski definition) is 1. The van der Waals surface area contributed by atoms with Crippen LogP contribution >= 0.6 is 0 Å². The first kappa shape index (κ1) is 16.0. The zero-order valence-corrected chi connectivity index (χ0v) is 12.2. The van der Waals surface area contributed by atoms with Gasteiger partial charge in [0.25, 0.3) is 0 Å². The third kappa shape index (κ3) is 4.88. The van der Waals surface area contributed by atoms with E-state index in [4.69, 9.17) is 14.7 Å². The second-order valence-corrected chi connectivity index (χ2v) is 4.99. The molecule has 1 aliphatic rings. The molecule has 0 amide bonds. The summed E-state index contributed by atoms with van der Waals surface area (Å²) in [5.41, 5.74) is 0.219. The van der Waals surface area contributed by atoms with Gasteiger partial charge in [-0.05, 0) is 23.8 Å². The van der Waals surface area contributed by atoms with Gasteiger partial charge in [0.15, 0.2) is 0 Å². The van der Waals surface area contributed by atoms with Crippen molar-refractivity contribution in [2.24, 2.45) is 0 Å². The highest BCUT2D eigenvalue weighted by Crippen LogP contribution is 2.14. The van der Waals surface area contributed by atoms with E-state index in [1.165, 1.54) is 11.0 Å². The van der Waals surface area contributed by atoms with Crippen molar-refractivity contribution < 1.29 is 24.3 Å². The average molecular weight is 302 g/mol. The summed E-state index contributed by atoms with van der Waals surface area (Å²) in [6.45, 7) is 5.16. The van der Waals surface area contributed by atoms with Crippen LogP contribution in [0, 0.1) is 11.3 Å². The highest BCUT2D eigenvalue weighted by Gasteiger charge is 2.13. The molecule has 6 nitrogen and oxygen atoms in total. The second-order valence-electron chi connectivity index (χ2n) is 4.99. The first-order chi connectivity index (χ1) is 10.7. The molecule has 1 fully saturated rings. The highest BCUT2D eigenvalue weighted by atomic mass is 16.5. The summed E-state index contributed by atoms with van der Waals surface area (Å²) in [6, 6.07) is 8.51. The van der Waals surface area contributed by atoms with Gasteiger partial charge in [-0.2, -0.15) is 5.26 Å². The Hall–Kier alpha value is -2.36. The lowest BCUT2D eigenvalue weighted by Crippen LogP contribution is -3.14. The fourth-order valence-corrected chi connectivity index (χ4v) is 2.19. The number of carbonyl (C=O) groups excluding carboxylic acids is 1. The number of hydrogen-bond acceptors (Lipinski definition) is 5. The quantitative estimate of drug-likeness (QED) is 0.518. The molecule has 0 aliphatic carbocycles. The van der Waals surface area contributed by atoms with Crippen molar-refractivity contribution in [3.8, 4) is 11.8 Å². The smallest absolute Gasteiger partial charge is 0.137 e. The fraction of sp³-hybridized carbons (Fsp3) is 0.375. The number of rotatable bonds is 6. The Balaban J connectivity index is 1.84. The van der Waals surface area contributed by atoms with Crippen molar-refractivity contribution in [2.75, 3.05) is 39.5 Å². The molecule has 2 rings (SSSR count). The van der Waals surface area contributed by atoms with Crippen molar-refractivity contribution in [2.45, 2.75) is 0 Å². The molecular formula is C16H18N2O4. The summed E-state index contributed by atoms with van der Waals surface area (Å²) < 4.78 is 11.0. The number of benzene rings is 1. The lowest BCUT2D eigenvalue weighted by molar-refractivity contribution is -0.908. The number of morpholine rings is 1. The van der Waals surface area contributed by atoms with Crippen LogP contribution in [0.3, 0.4) is 0 Å². The molecular weight excluding hydrogens is 284 g/mol. The van der Waals surface area contributed by atoms with Crippen LogP contribution in [0.1, 0.15) is 5.56 Å². The maximum absolute atomic E-state index is 10.7. The fourth-order valence-electron chi connectivity index (χ4n) is 2.19. The lowest BCUT2D eigenvalue weighted by atomic mass is 10.1. The van der Waals surface area contributed by atoms with E-state index >= 15 is 0 Å². The summed E-state index contributed by atoms with van der Waals surface area (Å²) in [6.07, 6.45) is 1.27. The van der Waals surface area contributed by atoms with Crippen LogP contribution in [0.5, 0.6) is 5.75 Å². The number of carbonyl (C=O) groups is 1. The molecule has 0 unspecified atom stereocenters. The van der Waals surface area contributed by atoms with Crippen LogP contribution < -0.4 is 14.7 Å². The molecule has 1 N–H and O–H groups in total. The molecule has 116 valence electrons. The largest absolute Gasteiger partial charge is 0.544 e. The standard InChI is InChI=1S/C16H18N2O4/c17-12-14(16(19)20)11-13-1-3-15(4-2-13)22-10-7-18-5-8-21-9-6-18/h1-4,11H,5-10H2,(H,19,20)/b14-11-.